The van der Waals surface area contributed by atoms with Crippen molar-refractivity contribution in [1.29, 1.82) is 0 Å². The van der Waals surface area contributed by atoms with Crippen molar-refractivity contribution >= 4 is 60.9 Å². The van der Waals surface area contributed by atoms with Crippen LogP contribution in [0.5, 0.6) is 0 Å². The third-order valence-corrected chi connectivity index (χ3v) is 17.3. The Morgan fingerprint density at radius 1 is 0.356 bits per heavy atom. The van der Waals surface area contributed by atoms with E-state index in [4.69, 9.17) is 8.83 Å². The minimum absolute atomic E-state index is 0.240. The van der Waals surface area contributed by atoms with Gasteiger partial charge in [0.2, 0.25) is 0 Å². The van der Waals surface area contributed by atoms with Crippen LogP contribution in [0.2, 0.25) is 0 Å². The van der Waals surface area contributed by atoms with Crippen molar-refractivity contribution in [3.63, 3.8) is 0 Å². The normalized spacial score (nSPS) is 15.1. The molecule has 0 atom stereocenters. The van der Waals surface area contributed by atoms with Gasteiger partial charge in [-0.3, -0.25) is 0 Å². The average Bonchev–Trinajstić information content (AvgIpc) is 4.21. The monoisotopic (exact) mass is 939 g/mol. The quantitative estimate of drug-likeness (QED) is 0.172. The van der Waals surface area contributed by atoms with E-state index in [1.165, 1.54) is 105 Å². The van der Waals surface area contributed by atoms with Crippen LogP contribution < -0.4 is 4.90 Å². The molecule has 0 fully saturated rings. The van der Waals surface area contributed by atoms with Gasteiger partial charge in [0.25, 0.3) is 0 Å². The number of para-hydroxylation sites is 3. The fraction of sp³-hybridized carbons (Fsp3) is 0.143. The lowest BCUT2D eigenvalue weighted by Crippen LogP contribution is -2.24. The van der Waals surface area contributed by atoms with Crippen molar-refractivity contribution in [2.45, 2.75) is 64.7 Å². The Morgan fingerprint density at radius 3 is 1.56 bits per heavy atom. The zero-order chi connectivity index (χ0) is 49.3. The van der Waals surface area contributed by atoms with Gasteiger partial charge in [-0.15, -0.1) is 0 Å². The number of fused-ring (bicyclic) bond motifs is 19. The maximum atomic E-state index is 7.02. The largest absolute Gasteiger partial charge is 0.455 e. The van der Waals surface area contributed by atoms with Gasteiger partial charge in [0, 0.05) is 65.9 Å². The van der Waals surface area contributed by atoms with E-state index in [0.29, 0.717) is 0 Å². The first kappa shape index (κ1) is 42.3. The van der Waals surface area contributed by atoms with Crippen LogP contribution in [0.4, 0.5) is 17.1 Å². The van der Waals surface area contributed by atoms with Crippen LogP contribution in [0.1, 0.15) is 80.5 Å². The molecule has 2 heterocycles. The van der Waals surface area contributed by atoms with Crippen molar-refractivity contribution in [3.05, 3.63) is 233 Å². The minimum atomic E-state index is -0.351. The predicted molar refractivity (Wildman–Crippen MR) is 304 cm³/mol. The van der Waals surface area contributed by atoms with E-state index in [-0.39, 0.29) is 16.2 Å². The fourth-order valence-electron chi connectivity index (χ4n) is 13.9. The molecule has 3 aliphatic rings. The van der Waals surface area contributed by atoms with Crippen molar-refractivity contribution in [2.24, 2.45) is 0 Å². The van der Waals surface area contributed by atoms with E-state index in [2.05, 4.69) is 247 Å². The van der Waals surface area contributed by atoms with Gasteiger partial charge in [0.1, 0.15) is 22.3 Å². The molecule has 0 aliphatic heterocycles. The highest BCUT2D eigenvalue weighted by molar-refractivity contribution is 6.21. The van der Waals surface area contributed by atoms with Crippen LogP contribution in [0.15, 0.2) is 203 Å². The SMILES string of the molecule is Cc1ccccc1-c1cc2c(c3c1oc1ccccc13)-c1ccc(N(c3ccc4c(c3)C(C)(C)c3c5c(c6oc7ccccc7c6c3-4)-c3ccccc3C5(C)C)c3ccccc3-c3ccccc3)cc1C2(C)C. The number of furan rings is 2. The lowest BCUT2D eigenvalue weighted by Gasteiger charge is -2.32. The second-order valence-corrected chi connectivity index (χ2v) is 22.4. The van der Waals surface area contributed by atoms with Crippen LogP contribution in [-0.2, 0) is 16.2 Å². The van der Waals surface area contributed by atoms with Crippen LogP contribution in [0.25, 0.3) is 99.5 Å². The first-order valence-electron chi connectivity index (χ1n) is 25.8. The smallest absolute Gasteiger partial charge is 0.144 e. The van der Waals surface area contributed by atoms with Crippen LogP contribution >= 0.6 is 0 Å². The number of anilines is 3. The number of rotatable bonds is 5. The summed E-state index contributed by atoms with van der Waals surface area (Å²) >= 11 is 0. The molecule has 0 radical (unpaired) electrons. The van der Waals surface area contributed by atoms with Gasteiger partial charge in [0.15, 0.2) is 0 Å². The lowest BCUT2D eigenvalue weighted by molar-refractivity contribution is 0.600. The molecule has 3 aliphatic carbocycles. The summed E-state index contributed by atoms with van der Waals surface area (Å²) in [5.41, 5.74) is 27.9. The second-order valence-electron chi connectivity index (χ2n) is 22.4. The molecule has 3 heteroatoms. The van der Waals surface area contributed by atoms with E-state index in [1.54, 1.807) is 0 Å². The Labute approximate surface area is 426 Å². The predicted octanol–water partition coefficient (Wildman–Crippen LogP) is 19.5. The van der Waals surface area contributed by atoms with Gasteiger partial charge < -0.3 is 13.7 Å². The summed E-state index contributed by atoms with van der Waals surface area (Å²) in [6, 6.07) is 71.6. The molecule has 0 saturated heterocycles. The fourth-order valence-corrected chi connectivity index (χ4v) is 13.9. The third-order valence-electron chi connectivity index (χ3n) is 17.3. The average molecular weight is 940 g/mol. The van der Waals surface area contributed by atoms with Crippen molar-refractivity contribution in [1.82, 2.24) is 0 Å². The summed E-state index contributed by atoms with van der Waals surface area (Å²) < 4.78 is 13.9. The minimum Gasteiger partial charge on any atom is -0.455 e. The molecule has 0 amide bonds. The summed E-state index contributed by atoms with van der Waals surface area (Å²) in [5.74, 6) is 0. The highest BCUT2D eigenvalue weighted by Crippen LogP contribution is 2.64. The Hall–Kier alpha value is -8.40. The van der Waals surface area contributed by atoms with Gasteiger partial charge in [-0.2, -0.15) is 0 Å². The van der Waals surface area contributed by atoms with E-state index < -0.39 is 0 Å². The Kier molecular flexibility index (Phi) is 8.47. The van der Waals surface area contributed by atoms with Crippen molar-refractivity contribution in [3.8, 4) is 55.6 Å². The molecule has 2 aromatic heterocycles. The van der Waals surface area contributed by atoms with Gasteiger partial charge in [-0.05, 0) is 133 Å². The molecule has 15 rings (SSSR count). The van der Waals surface area contributed by atoms with Crippen molar-refractivity contribution < 1.29 is 8.83 Å². The molecule has 10 aromatic carbocycles. The molecular formula is C70H53NO2. The molecule has 12 aromatic rings. The van der Waals surface area contributed by atoms with E-state index >= 15 is 0 Å². The van der Waals surface area contributed by atoms with E-state index in [1.807, 2.05) is 0 Å². The number of hydrogen-bond donors (Lipinski definition) is 0. The zero-order valence-electron chi connectivity index (χ0n) is 42.2. The molecule has 0 unspecified atom stereocenters. The van der Waals surface area contributed by atoms with Gasteiger partial charge >= 0.3 is 0 Å². The molecule has 350 valence electrons. The van der Waals surface area contributed by atoms with Crippen LogP contribution in [0.3, 0.4) is 0 Å². The summed E-state index contributed by atoms with van der Waals surface area (Å²) in [5, 5.41) is 4.72. The van der Waals surface area contributed by atoms with Crippen LogP contribution in [0, 0.1) is 6.92 Å². The van der Waals surface area contributed by atoms with E-state index in [0.717, 1.165) is 50.3 Å². The molecular weight excluding hydrogens is 887 g/mol. The standard InChI is InChI=1S/C70H53NO2/c1-40-21-11-12-24-44(40)51-39-55-59(61-49-27-15-19-31-57(49)72-66(51)61)47-35-33-42(37-53(47)68(55,2)3)71(56-30-18-14-25-45(56)41-22-9-8-10-23-41)43-34-36-48-54(38-43)70(6,7)64-60(48)62-50-28-16-20-32-58(50)73-67(62)63-46-26-13-17-29-52(46)69(4,5)65(63)64/h8-39H,1-7H3. The Bertz CT molecular complexity index is 4370. The maximum absolute atomic E-state index is 7.02. The summed E-state index contributed by atoms with van der Waals surface area (Å²) in [6.45, 7) is 16.8. The van der Waals surface area contributed by atoms with Gasteiger partial charge in [-0.25, -0.2) is 0 Å². The maximum Gasteiger partial charge on any atom is 0.144 e. The summed E-state index contributed by atoms with van der Waals surface area (Å²) in [6.07, 6.45) is 0. The summed E-state index contributed by atoms with van der Waals surface area (Å²) in [4.78, 5) is 2.52. The first-order chi connectivity index (χ1) is 35.4. The highest BCUT2D eigenvalue weighted by atomic mass is 16.3. The van der Waals surface area contributed by atoms with Crippen molar-refractivity contribution in [2.75, 3.05) is 4.90 Å². The molecule has 0 bridgehead atoms. The topological polar surface area (TPSA) is 29.5 Å². The highest BCUT2D eigenvalue weighted by Gasteiger charge is 2.49. The molecule has 3 nitrogen and oxygen atoms in total. The lowest BCUT2D eigenvalue weighted by atomic mass is 9.72. The Balaban J connectivity index is 0.976. The number of aryl methyl sites for hydroxylation is 1. The third kappa shape index (κ3) is 5.55. The van der Waals surface area contributed by atoms with Gasteiger partial charge in [-0.1, -0.05) is 187 Å². The number of benzene rings is 10. The number of hydrogen-bond acceptors (Lipinski definition) is 3. The summed E-state index contributed by atoms with van der Waals surface area (Å²) in [7, 11) is 0. The van der Waals surface area contributed by atoms with Gasteiger partial charge in [0.05, 0.1) is 5.69 Å². The number of nitrogens with zero attached hydrogens (tertiary/aromatic N) is 1. The molecule has 0 spiro atoms. The molecule has 73 heavy (non-hydrogen) atoms. The van der Waals surface area contributed by atoms with Crippen LogP contribution in [-0.4, -0.2) is 0 Å². The Morgan fingerprint density at radius 2 is 0.863 bits per heavy atom. The molecule has 0 N–H and O–H groups in total. The second kappa shape index (κ2) is 14.6. The molecule has 0 saturated carbocycles. The van der Waals surface area contributed by atoms with E-state index in [9.17, 15) is 0 Å². The first-order valence-corrected chi connectivity index (χ1v) is 25.8. The zero-order valence-corrected chi connectivity index (χ0v) is 42.2.